The van der Waals surface area contributed by atoms with Gasteiger partial charge in [0.25, 0.3) is 0 Å². The number of nitrogens with zero attached hydrogens (tertiary/aromatic N) is 2. The first kappa shape index (κ1) is 19.4. The lowest BCUT2D eigenvalue weighted by Crippen LogP contribution is -2.30. The number of carbonyl (C=O) groups excluding carboxylic acids is 1. The van der Waals surface area contributed by atoms with Crippen LogP contribution in [0, 0.1) is 0 Å². The van der Waals surface area contributed by atoms with Gasteiger partial charge in [-0.25, -0.2) is 9.97 Å². The molecular weight excluding hydrogens is 395 g/mol. The van der Waals surface area contributed by atoms with E-state index in [1.165, 1.54) is 17.4 Å². The van der Waals surface area contributed by atoms with E-state index >= 15 is 0 Å². The highest BCUT2D eigenvalue weighted by atomic mass is 32.2. The number of amides is 1. The van der Waals surface area contributed by atoms with Gasteiger partial charge in [-0.05, 0) is 17.7 Å². The highest BCUT2D eigenvalue weighted by molar-refractivity contribution is 7.99. The van der Waals surface area contributed by atoms with Gasteiger partial charge in [0.1, 0.15) is 11.0 Å². The molecule has 3 aromatic rings. The van der Waals surface area contributed by atoms with Crippen molar-refractivity contribution in [1.29, 1.82) is 0 Å². The molecule has 0 aliphatic rings. The number of aromatic nitrogens is 2. The molecule has 1 atom stereocenters. The fourth-order valence-corrected chi connectivity index (χ4v) is 3.65. The normalized spacial score (nSPS) is 12.6. The molecule has 2 aromatic heterocycles. The van der Waals surface area contributed by atoms with Crippen LogP contribution in [0.15, 0.2) is 65.3 Å². The molecule has 3 rings (SSSR count). The SMILES string of the molecule is O=C(CSc1ccc(C(F)(F)F)cn1)NC(c1ccccc1)c1nccs1. The number of thiazole rings is 1. The highest BCUT2D eigenvalue weighted by Gasteiger charge is 2.30. The van der Waals surface area contributed by atoms with Crippen LogP contribution in [-0.2, 0) is 11.0 Å². The molecule has 1 aromatic carbocycles. The summed E-state index contributed by atoms with van der Waals surface area (Å²) in [5.41, 5.74) is 0.0858. The van der Waals surface area contributed by atoms with Crippen molar-refractivity contribution in [2.75, 3.05) is 5.75 Å². The van der Waals surface area contributed by atoms with Crippen LogP contribution in [0.3, 0.4) is 0 Å². The smallest absolute Gasteiger partial charge is 0.342 e. The van der Waals surface area contributed by atoms with E-state index in [0.717, 1.165) is 34.6 Å². The first-order valence-corrected chi connectivity index (χ1v) is 9.70. The Morgan fingerprint density at radius 2 is 1.93 bits per heavy atom. The van der Waals surface area contributed by atoms with Gasteiger partial charge in [-0.3, -0.25) is 4.79 Å². The van der Waals surface area contributed by atoms with Crippen molar-refractivity contribution in [3.8, 4) is 0 Å². The van der Waals surface area contributed by atoms with E-state index in [9.17, 15) is 18.0 Å². The molecular formula is C18H14F3N3OS2. The second kappa shape index (κ2) is 8.53. The summed E-state index contributed by atoms with van der Waals surface area (Å²) < 4.78 is 37.7. The molecule has 0 saturated carbocycles. The van der Waals surface area contributed by atoms with E-state index in [1.54, 1.807) is 6.20 Å². The third-order valence-electron chi connectivity index (χ3n) is 3.55. The van der Waals surface area contributed by atoms with Crippen molar-refractivity contribution in [2.45, 2.75) is 17.2 Å². The molecule has 2 heterocycles. The van der Waals surface area contributed by atoms with Gasteiger partial charge in [-0.2, -0.15) is 13.2 Å². The minimum Gasteiger partial charge on any atom is -0.342 e. The fourth-order valence-electron chi connectivity index (χ4n) is 2.29. The molecule has 9 heteroatoms. The number of hydrogen-bond acceptors (Lipinski definition) is 5. The van der Waals surface area contributed by atoms with Crippen LogP contribution in [0.1, 0.15) is 22.2 Å². The number of nitrogens with one attached hydrogen (secondary N) is 1. The zero-order valence-corrected chi connectivity index (χ0v) is 15.4. The molecule has 0 bridgehead atoms. The molecule has 0 aliphatic heterocycles. The molecule has 0 aliphatic carbocycles. The highest BCUT2D eigenvalue weighted by Crippen LogP contribution is 2.29. The predicted molar refractivity (Wildman–Crippen MR) is 98.5 cm³/mol. The summed E-state index contributed by atoms with van der Waals surface area (Å²) in [6.07, 6.45) is -1.99. The number of benzene rings is 1. The molecule has 0 spiro atoms. The zero-order chi connectivity index (χ0) is 19.3. The van der Waals surface area contributed by atoms with Crippen LogP contribution in [0.2, 0.25) is 0 Å². The van der Waals surface area contributed by atoms with Crippen molar-refractivity contribution in [3.63, 3.8) is 0 Å². The summed E-state index contributed by atoms with van der Waals surface area (Å²) >= 11 is 2.51. The summed E-state index contributed by atoms with van der Waals surface area (Å²) in [5, 5.41) is 5.86. The van der Waals surface area contributed by atoms with E-state index < -0.39 is 11.7 Å². The molecule has 4 nitrogen and oxygen atoms in total. The topological polar surface area (TPSA) is 54.9 Å². The predicted octanol–water partition coefficient (Wildman–Crippen LogP) is 4.55. The maximum absolute atomic E-state index is 12.6. The van der Waals surface area contributed by atoms with E-state index in [4.69, 9.17) is 0 Å². The van der Waals surface area contributed by atoms with Crippen molar-refractivity contribution in [1.82, 2.24) is 15.3 Å². The minimum absolute atomic E-state index is 0.0348. The van der Waals surface area contributed by atoms with Crippen LogP contribution in [-0.4, -0.2) is 21.6 Å². The van der Waals surface area contributed by atoms with Crippen molar-refractivity contribution < 1.29 is 18.0 Å². The summed E-state index contributed by atoms with van der Waals surface area (Å²) in [7, 11) is 0. The maximum Gasteiger partial charge on any atom is 0.417 e. The Morgan fingerprint density at radius 3 is 2.52 bits per heavy atom. The van der Waals surface area contributed by atoms with Crippen LogP contribution in [0.25, 0.3) is 0 Å². The summed E-state index contributed by atoms with van der Waals surface area (Å²) in [4.78, 5) is 20.4. The van der Waals surface area contributed by atoms with Gasteiger partial charge >= 0.3 is 6.18 Å². The summed E-state index contributed by atoms with van der Waals surface area (Å²) in [6, 6.07) is 11.3. The van der Waals surface area contributed by atoms with E-state index in [1.807, 2.05) is 35.7 Å². The quantitative estimate of drug-likeness (QED) is 0.607. The number of pyridine rings is 1. The number of rotatable bonds is 6. The number of carbonyl (C=O) groups is 1. The Kier molecular flexibility index (Phi) is 6.12. The second-order valence-corrected chi connectivity index (χ2v) is 7.37. The van der Waals surface area contributed by atoms with E-state index in [-0.39, 0.29) is 17.7 Å². The fraction of sp³-hybridized carbons (Fsp3) is 0.167. The standard InChI is InChI=1S/C18H14F3N3OS2/c19-18(20,21)13-6-7-15(23-10-13)27-11-14(25)24-16(17-22-8-9-26-17)12-4-2-1-3-5-12/h1-10,16H,11H2,(H,24,25). The Bertz CT molecular complexity index is 869. The monoisotopic (exact) mass is 409 g/mol. The van der Waals surface area contributed by atoms with E-state index in [0.29, 0.717) is 5.03 Å². The van der Waals surface area contributed by atoms with Gasteiger partial charge < -0.3 is 5.32 Å². The molecule has 0 fully saturated rings. The van der Waals surface area contributed by atoms with Crippen molar-refractivity contribution >= 4 is 29.0 Å². The number of alkyl halides is 3. The molecule has 140 valence electrons. The third-order valence-corrected chi connectivity index (χ3v) is 5.34. The Labute approximate surface area is 161 Å². The van der Waals surface area contributed by atoms with Crippen LogP contribution >= 0.6 is 23.1 Å². The van der Waals surface area contributed by atoms with Gasteiger partial charge in [0.2, 0.25) is 5.91 Å². The average molecular weight is 409 g/mol. The molecule has 1 unspecified atom stereocenters. The van der Waals surface area contributed by atoms with E-state index in [2.05, 4.69) is 15.3 Å². The van der Waals surface area contributed by atoms with Gasteiger partial charge in [-0.15, -0.1) is 11.3 Å². The summed E-state index contributed by atoms with van der Waals surface area (Å²) in [5.74, 6) is -0.224. The molecule has 1 amide bonds. The lowest BCUT2D eigenvalue weighted by atomic mass is 10.1. The van der Waals surface area contributed by atoms with Crippen LogP contribution in [0.4, 0.5) is 13.2 Å². The Balaban J connectivity index is 1.63. The largest absolute Gasteiger partial charge is 0.417 e. The van der Waals surface area contributed by atoms with Crippen molar-refractivity contribution in [3.05, 3.63) is 76.4 Å². The van der Waals surface area contributed by atoms with Gasteiger partial charge in [0.15, 0.2) is 0 Å². The lowest BCUT2D eigenvalue weighted by molar-refractivity contribution is -0.137. The summed E-state index contributed by atoms with van der Waals surface area (Å²) in [6.45, 7) is 0. The Morgan fingerprint density at radius 1 is 1.15 bits per heavy atom. The number of hydrogen-bond donors (Lipinski definition) is 1. The maximum atomic E-state index is 12.6. The van der Waals surface area contributed by atoms with Crippen LogP contribution < -0.4 is 5.32 Å². The third kappa shape index (κ3) is 5.30. The zero-order valence-electron chi connectivity index (χ0n) is 13.8. The minimum atomic E-state index is -4.43. The van der Waals surface area contributed by atoms with Gasteiger partial charge in [0.05, 0.1) is 16.3 Å². The average Bonchev–Trinajstić information content (AvgIpc) is 3.19. The van der Waals surface area contributed by atoms with Gasteiger partial charge in [-0.1, -0.05) is 42.1 Å². The molecule has 0 radical (unpaired) electrons. The first-order chi connectivity index (χ1) is 12.9. The Hall–Kier alpha value is -2.39. The van der Waals surface area contributed by atoms with Gasteiger partial charge in [0, 0.05) is 17.8 Å². The lowest BCUT2D eigenvalue weighted by Gasteiger charge is -2.17. The molecule has 1 N–H and O–H groups in total. The molecule has 27 heavy (non-hydrogen) atoms. The second-order valence-electron chi connectivity index (χ2n) is 5.45. The molecule has 0 saturated heterocycles. The van der Waals surface area contributed by atoms with Crippen LogP contribution in [0.5, 0.6) is 0 Å². The number of halogens is 3. The first-order valence-electron chi connectivity index (χ1n) is 7.83. The number of thioether (sulfide) groups is 1. The van der Waals surface area contributed by atoms with Crippen molar-refractivity contribution in [2.24, 2.45) is 0 Å².